The largest absolute Gasteiger partial charge is 0.336 e. The van der Waals surface area contributed by atoms with E-state index in [-0.39, 0.29) is 24.5 Å². The van der Waals surface area contributed by atoms with Crippen molar-refractivity contribution in [3.8, 4) is 0 Å². The number of nitrogens with two attached hydrogens (primary N) is 1. The third kappa shape index (κ3) is 5.46. The number of carbonyl (C=O) groups is 2. The SMILES string of the molecule is CCC1CCN(CC(=O)NC(=O)NC(C)C)C(CN)C1. The zero-order valence-electron chi connectivity index (χ0n) is 12.8. The first-order valence-corrected chi connectivity index (χ1v) is 7.50. The molecule has 1 fully saturated rings. The Balaban J connectivity index is 2.42. The van der Waals surface area contributed by atoms with Crippen molar-refractivity contribution in [1.82, 2.24) is 15.5 Å². The zero-order chi connectivity index (χ0) is 15.1. The normalized spacial score (nSPS) is 23.6. The van der Waals surface area contributed by atoms with Crippen LogP contribution in [0.5, 0.6) is 0 Å². The molecule has 0 aromatic carbocycles. The number of rotatable bonds is 5. The molecule has 0 radical (unpaired) electrons. The van der Waals surface area contributed by atoms with E-state index in [1.807, 2.05) is 13.8 Å². The average Bonchev–Trinajstić information content (AvgIpc) is 2.37. The Morgan fingerprint density at radius 3 is 2.65 bits per heavy atom. The molecule has 1 rings (SSSR count). The van der Waals surface area contributed by atoms with Crippen molar-refractivity contribution >= 4 is 11.9 Å². The number of imide groups is 1. The van der Waals surface area contributed by atoms with Crippen LogP contribution in [0, 0.1) is 5.92 Å². The number of piperidine rings is 1. The molecular weight excluding hydrogens is 256 g/mol. The summed E-state index contributed by atoms with van der Waals surface area (Å²) in [5.41, 5.74) is 5.80. The summed E-state index contributed by atoms with van der Waals surface area (Å²) in [5.74, 6) is 0.434. The highest BCUT2D eigenvalue weighted by atomic mass is 16.2. The minimum absolute atomic E-state index is 0.0138. The van der Waals surface area contributed by atoms with Crippen molar-refractivity contribution in [1.29, 1.82) is 0 Å². The maximum absolute atomic E-state index is 11.9. The molecule has 0 saturated carbocycles. The summed E-state index contributed by atoms with van der Waals surface area (Å²) in [4.78, 5) is 25.4. The first-order valence-electron chi connectivity index (χ1n) is 7.50. The quantitative estimate of drug-likeness (QED) is 0.692. The monoisotopic (exact) mass is 284 g/mol. The van der Waals surface area contributed by atoms with Crippen molar-refractivity contribution in [3.05, 3.63) is 0 Å². The number of nitrogens with zero attached hydrogens (tertiary/aromatic N) is 1. The Hall–Kier alpha value is -1.14. The molecule has 1 aliphatic rings. The van der Waals surface area contributed by atoms with Gasteiger partial charge in [-0.1, -0.05) is 13.3 Å². The molecule has 0 bridgehead atoms. The maximum atomic E-state index is 11.9. The molecule has 0 aromatic heterocycles. The van der Waals surface area contributed by atoms with Crippen molar-refractivity contribution in [2.24, 2.45) is 11.7 Å². The van der Waals surface area contributed by atoms with Gasteiger partial charge in [0.05, 0.1) is 6.54 Å². The van der Waals surface area contributed by atoms with Crippen molar-refractivity contribution in [2.75, 3.05) is 19.6 Å². The second-order valence-corrected chi connectivity index (χ2v) is 5.83. The molecule has 2 unspecified atom stereocenters. The zero-order valence-corrected chi connectivity index (χ0v) is 12.8. The summed E-state index contributed by atoms with van der Waals surface area (Å²) in [6.07, 6.45) is 3.30. The van der Waals surface area contributed by atoms with E-state index in [0.29, 0.717) is 12.5 Å². The minimum atomic E-state index is -0.433. The molecule has 4 N–H and O–H groups in total. The molecule has 0 aliphatic carbocycles. The first kappa shape index (κ1) is 16.9. The van der Waals surface area contributed by atoms with E-state index in [4.69, 9.17) is 5.73 Å². The summed E-state index contributed by atoms with van der Waals surface area (Å²) in [6, 6.07) is -0.176. The van der Waals surface area contributed by atoms with Crippen LogP contribution < -0.4 is 16.4 Å². The predicted octanol–water partition coefficient (Wildman–Crippen LogP) is 0.670. The number of likely N-dealkylation sites (tertiary alicyclic amines) is 1. The number of nitrogens with one attached hydrogen (secondary N) is 2. The summed E-state index contributed by atoms with van der Waals surface area (Å²) in [7, 11) is 0. The number of amides is 3. The van der Waals surface area contributed by atoms with Crippen molar-refractivity contribution in [3.63, 3.8) is 0 Å². The van der Waals surface area contributed by atoms with Crippen molar-refractivity contribution in [2.45, 2.75) is 52.1 Å². The Morgan fingerprint density at radius 1 is 1.40 bits per heavy atom. The average molecular weight is 284 g/mol. The molecule has 1 saturated heterocycles. The van der Waals surface area contributed by atoms with Gasteiger partial charge in [0.15, 0.2) is 0 Å². The Kier molecular flexibility index (Phi) is 6.95. The van der Waals surface area contributed by atoms with Gasteiger partial charge in [0, 0.05) is 18.6 Å². The lowest BCUT2D eigenvalue weighted by Crippen LogP contribution is -2.52. The smallest absolute Gasteiger partial charge is 0.321 e. The molecule has 2 atom stereocenters. The number of urea groups is 1. The lowest BCUT2D eigenvalue weighted by molar-refractivity contribution is -0.122. The van der Waals surface area contributed by atoms with Crippen LogP contribution in [0.3, 0.4) is 0 Å². The number of hydrogen-bond donors (Lipinski definition) is 3. The van der Waals surface area contributed by atoms with Gasteiger partial charge in [-0.3, -0.25) is 15.0 Å². The highest BCUT2D eigenvalue weighted by molar-refractivity contribution is 5.95. The van der Waals surface area contributed by atoms with Gasteiger partial charge in [0.1, 0.15) is 0 Å². The van der Waals surface area contributed by atoms with Crippen LogP contribution in [0.15, 0.2) is 0 Å². The van der Waals surface area contributed by atoms with E-state index in [2.05, 4.69) is 22.5 Å². The van der Waals surface area contributed by atoms with E-state index < -0.39 is 6.03 Å². The van der Waals surface area contributed by atoms with E-state index in [0.717, 1.165) is 25.8 Å². The minimum Gasteiger partial charge on any atom is -0.336 e. The van der Waals surface area contributed by atoms with Crippen LogP contribution in [0.4, 0.5) is 4.79 Å². The second-order valence-electron chi connectivity index (χ2n) is 5.83. The fourth-order valence-electron chi connectivity index (χ4n) is 2.66. The van der Waals surface area contributed by atoms with Crippen molar-refractivity contribution < 1.29 is 9.59 Å². The first-order chi connectivity index (χ1) is 9.46. The van der Waals surface area contributed by atoms with Gasteiger partial charge in [-0.25, -0.2) is 4.79 Å². The fraction of sp³-hybridized carbons (Fsp3) is 0.857. The van der Waals surface area contributed by atoms with Gasteiger partial charge in [0.2, 0.25) is 5.91 Å². The van der Waals surface area contributed by atoms with Gasteiger partial charge in [0.25, 0.3) is 0 Å². The van der Waals surface area contributed by atoms with Crippen LogP contribution >= 0.6 is 0 Å². The van der Waals surface area contributed by atoms with E-state index in [1.54, 1.807) is 0 Å². The van der Waals surface area contributed by atoms with Crippen LogP contribution in [-0.2, 0) is 4.79 Å². The Bertz CT molecular complexity index is 333. The number of hydrogen-bond acceptors (Lipinski definition) is 4. The fourth-order valence-corrected chi connectivity index (χ4v) is 2.66. The van der Waals surface area contributed by atoms with E-state index in [1.165, 1.54) is 0 Å². The summed E-state index contributed by atoms with van der Waals surface area (Å²) in [6.45, 7) is 7.57. The second kappa shape index (κ2) is 8.21. The lowest BCUT2D eigenvalue weighted by atomic mass is 9.89. The van der Waals surface area contributed by atoms with Gasteiger partial charge in [-0.15, -0.1) is 0 Å². The summed E-state index contributed by atoms with van der Waals surface area (Å²) >= 11 is 0. The molecule has 6 heteroatoms. The summed E-state index contributed by atoms with van der Waals surface area (Å²) in [5, 5.41) is 5.00. The molecule has 1 aliphatic heterocycles. The maximum Gasteiger partial charge on any atom is 0.321 e. The molecule has 116 valence electrons. The molecular formula is C14H28N4O2. The lowest BCUT2D eigenvalue weighted by Gasteiger charge is -2.38. The molecule has 0 spiro atoms. The molecule has 1 heterocycles. The molecule has 3 amide bonds. The van der Waals surface area contributed by atoms with Gasteiger partial charge >= 0.3 is 6.03 Å². The highest BCUT2D eigenvalue weighted by Crippen LogP contribution is 2.24. The van der Waals surface area contributed by atoms with Gasteiger partial charge < -0.3 is 11.1 Å². The third-order valence-electron chi connectivity index (χ3n) is 3.82. The van der Waals surface area contributed by atoms with Crippen LogP contribution in [0.2, 0.25) is 0 Å². The van der Waals surface area contributed by atoms with E-state index >= 15 is 0 Å². The molecule has 20 heavy (non-hydrogen) atoms. The summed E-state index contributed by atoms with van der Waals surface area (Å²) < 4.78 is 0. The topological polar surface area (TPSA) is 87.5 Å². The van der Waals surface area contributed by atoms with Gasteiger partial charge in [-0.05, 0) is 39.2 Å². The van der Waals surface area contributed by atoms with Gasteiger partial charge in [-0.2, -0.15) is 0 Å². The van der Waals surface area contributed by atoms with Crippen LogP contribution in [0.25, 0.3) is 0 Å². The third-order valence-corrected chi connectivity index (χ3v) is 3.82. The Morgan fingerprint density at radius 2 is 2.10 bits per heavy atom. The molecule has 6 nitrogen and oxygen atoms in total. The predicted molar refractivity (Wildman–Crippen MR) is 79.2 cm³/mol. The van der Waals surface area contributed by atoms with E-state index in [9.17, 15) is 9.59 Å². The van der Waals surface area contributed by atoms with Crippen LogP contribution in [0.1, 0.15) is 40.0 Å². The number of carbonyl (C=O) groups excluding carboxylic acids is 2. The highest BCUT2D eigenvalue weighted by Gasteiger charge is 2.28. The molecule has 0 aromatic rings. The van der Waals surface area contributed by atoms with Crippen LogP contribution in [-0.4, -0.2) is 48.6 Å². The standard InChI is InChI=1S/C14H28N4O2/c1-4-11-5-6-18(12(7-11)8-15)9-13(19)17-14(20)16-10(2)3/h10-12H,4-9,15H2,1-3H3,(H2,16,17,19,20). The Labute approximate surface area is 121 Å².